The molecule has 204 valence electrons. The van der Waals surface area contributed by atoms with E-state index >= 15 is 0 Å². The van der Waals surface area contributed by atoms with E-state index in [0.717, 1.165) is 56.2 Å². The third-order valence-corrected chi connectivity index (χ3v) is 11.8. The third-order valence-electron chi connectivity index (χ3n) is 11.6. The molecule has 0 amide bonds. The molecular weight excluding hydrogens is 480 g/mol. The van der Waals surface area contributed by atoms with Gasteiger partial charge in [0.15, 0.2) is 5.11 Å². The molecule has 6 heteroatoms. The minimum atomic E-state index is -0.407. The van der Waals surface area contributed by atoms with E-state index in [0.29, 0.717) is 23.6 Å². The zero-order chi connectivity index (χ0) is 26.6. The minimum absolute atomic E-state index is 0.000162. The Balaban J connectivity index is 1.43. The summed E-state index contributed by atoms with van der Waals surface area (Å²) >= 11 is 5.83. The number of carbonyl (C=O) groups is 1. The third kappa shape index (κ3) is 4.04. The van der Waals surface area contributed by atoms with Crippen molar-refractivity contribution in [1.82, 2.24) is 5.32 Å². The molecule has 0 unspecified atom stereocenters. The molecule has 1 aromatic rings. The number of anilines is 1. The van der Waals surface area contributed by atoms with E-state index in [1.54, 1.807) is 0 Å². The van der Waals surface area contributed by atoms with Crippen LogP contribution in [0.3, 0.4) is 0 Å². The number of hydrogen-bond acceptors (Lipinski definition) is 4. The Morgan fingerprint density at radius 1 is 1.11 bits per heavy atom. The van der Waals surface area contributed by atoms with Gasteiger partial charge in [-0.2, -0.15) is 0 Å². The van der Waals surface area contributed by atoms with Gasteiger partial charge < -0.3 is 20.5 Å². The van der Waals surface area contributed by atoms with Crippen LogP contribution in [0.15, 0.2) is 24.3 Å². The predicted molar refractivity (Wildman–Crippen MR) is 152 cm³/mol. The molecule has 8 atom stereocenters. The van der Waals surface area contributed by atoms with Crippen LogP contribution in [0.25, 0.3) is 0 Å². The number of hydrogen-bond donors (Lipinski definition) is 3. The molecule has 3 N–H and O–H groups in total. The minimum Gasteiger partial charge on any atom is -0.466 e. The summed E-state index contributed by atoms with van der Waals surface area (Å²) in [5, 5.41) is 18.7. The standard InChI is InChI=1S/C31H46N2O3S/c1-6-36-26(35)30(5)15-9-14-29(4)23(30)13-17-31-19-28(3,16-12-24(29)31)25(21(31)18-34)33-27(37)32-22-11-8-7-10-20(22)2/h7-8,10-11,21,23-25,34H,6,9,12-19H2,1-5H3,(H2,32,33,37)/t21-,23+,24+,25-,28+,29-,30-,31-/m1/s1. The first-order chi connectivity index (χ1) is 17.5. The largest absolute Gasteiger partial charge is 0.466 e. The Labute approximate surface area is 228 Å². The maximum absolute atomic E-state index is 13.3. The van der Waals surface area contributed by atoms with Gasteiger partial charge in [-0.15, -0.1) is 0 Å². The van der Waals surface area contributed by atoms with Crippen molar-refractivity contribution in [3.63, 3.8) is 0 Å². The van der Waals surface area contributed by atoms with Gasteiger partial charge in [-0.05, 0) is 118 Å². The topological polar surface area (TPSA) is 70.6 Å². The molecule has 0 radical (unpaired) electrons. The highest BCUT2D eigenvalue weighted by Gasteiger charge is 2.71. The number of benzene rings is 1. The molecule has 0 saturated heterocycles. The van der Waals surface area contributed by atoms with Crippen LogP contribution in [0.4, 0.5) is 5.69 Å². The predicted octanol–water partition coefficient (Wildman–Crippen LogP) is 6.23. The van der Waals surface area contributed by atoms with Gasteiger partial charge in [0.25, 0.3) is 0 Å². The normalized spacial score (nSPS) is 42.3. The molecule has 0 aromatic heterocycles. The van der Waals surface area contributed by atoms with E-state index in [1.165, 1.54) is 6.42 Å². The molecule has 0 aliphatic heterocycles. The average molecular weight is 527 g/mol. The summed E-state index contributed by atoms with van der Waals surface area (Å²) in [4.78, 5) is 13.3. The van der Waals surface area contributed by atoms with Gasteiger partial charge in [-0.1, -0.05) is 38.5 Å². The highest BCUT2D eigenvalue weighted by Crippen LogP contribution is 2.75. The molecule has 4 saturated carbocycles. The fourth-order valence-corrected chi connectivity index (χ4v) is 10.4. The number of nitrogens with one attached hydrogen (secondary N) is 2. The van der Waals surface area contributed by atoms with E-state index < -0.39 is 5.41 Å². The number of thiocarbonyl (C=S) groups is 1. The number of rotatable bonds is 5. The lowest BCUT2D eigenvalue weighted by atomic mass is 9.39. The Morgan fingerprint density at radius 2 is 1.84 bits per heavy atom. The van der Waals surface area contributed by atoms with Crippen LogP contribution in [0, 0.1) is 46.3 Å². The fourth-order valence-electron chi connectivity index (χ4n) is 10.1. The van der Waals surface area contributed by atoms with Crippen LogP contribution in [-0.4, -0.2) is 35.4 Å². The fraction of sp³-hybridized carbons (Fsp3) is 0.742. The van der Waals surface area contributed by atoms with Gasteiger partial charge in [-0.25, -0.2) is 0 Å². The smallest absolute Gasteiger partial charge is 0.312 e. The van der Waals surface area contributed by atoms with E-state index in [-0.39, 0.29) is 40.8 Å². The van der Waals surface area contributed by atoms with Crippen LogP contribution in [-0.2, 0) is 9.53 Å². The number of fused-ring (bicyclic) bond motifs is 3. The summed E-state index contributed by atoms with van der Waals surface area (Å²) in [7, 11) is 0. The van der Waals surface area contributed by atoms with Crippen molar-refractivity contribution in [3.05, 3.63) is 29.8 Å². The number of carbonyl (C=O) groups excluding carboxylic acids is 1. The zero-order valence-electron chi connectivity index (χ0n) is 23.4. The highest BCUT2D eigenvalue weighted by molar-refractivity contribution is 7.80. The van der Waals surface area contributed by atoms with Crippen molar-refractivity contribution >= 4 is 29.0 Å². The zero-order valence-corrected chi connectivity index (χ0v) is 24.2. The van der Waals surface area contributed by atoms with Gasteiger partial charge in [-0.3, -0.25) is 4.79 Å². The maximum atomic E-state index is 13.3. The Kier molecular flexibility index (Phi) is 6.92. The van der Waals surface area contributed by atoms with Crippen molar-refractivity contribution in [2.75, 3.05) is 18.5 Å². The number of ether oxygens (including phenoxy) is 1. The van der Waals surface area contributed by atoms with Crippen LogP contribution in [0.2, 0.25) is 0 Å². The van der Waals surface area contributed by atoms with Crippen molar-refractivity contribution in [3.8, 4) is 0 Å². The summed E-state index contributed by atoms with van der Waals surface area (Å²) in [6.45, 7) is 11.7. The van der Waals surface area contributed by atoms with Crippen LogP contribution < -0.4 is 10.6 Å². The second-order valence-corrected chi connectivity index (χ2v) is 13.8. The van der Waals surface area contributed by atoms with Crippen LogP contribution >= 0.6 is 12.2 Å². The summed E-state index contributed by atoms with van der Waals surface area (Å²) in [5.74, 6) is 0.987. The van der Waals surface area contributed by atoms with E-state index in [1.807, 2.05) is 19.1 Å². The SMILES string of the molecule is CCOC(=O)[C@]1(C)CCC[C@@]2(C)[C@@H]3CC[C@@]4(C)C[C@]3(CC[C@@H]21)[C@H](CO)[C@H]4NC(=S)Nc1ccccc1C. The van der Waals surface area contributed by atoms with E-state index in [9.17, 15) is 9.90 Å². The quantitative estimate of drug-likeness (QED) is 0.312. The number of aryl methyl sites for hydroxylation is 1. The maximum Gasteiger partial charge on any atom is 0.312 e. The van der Waals surface area contributed by atoms with Crippen molar-refractivity contribution in [1.29, 1.82) is 0 Å². The van der Waals surface area contributed by atoms with E-state index in [2.05, 4.69) is 50.5 Å². The van der Waals surface area contributed by atoms with Crippen molar-refractivity contribution in [2.24, 2.45) is 39.4 Å². The lowest BCUT2D eigenvalue weighted by molar-refractivity contribution is -0.193. The van der Waals surface area contributed by atoms with E-state index in [4.69, 9.17) is 17.0 Å². The lowest BCUT2D eigenvalue weighted by Crippen LogP contribution is -2.60. The number of para-hydroxylation sites is 1. The van der Waals surface area contributed by atoms with Gasteiger partial charge in [0, 0.05) is 24.3 Å². The summed E-state index contributed by atoms with van der Waals surface area (Å²) in [6.07, 6.45) is 8.68. The first kappa shape index (κ1) is 26.9. The van der Waals surface area contributed by atoms with Gasteiger partial charge in [0.05, 0.1) is 12.0 Å². The monoisotopic (exact) mass is 526 g/mol. The first-order valence-corrected chi connectivity index (χ1v) is 14.9. The van der Waals surface area contributed by atoms with Crippen LogP contribution in [0.1, 0.15) is 84.6 Å². The first-order valence-electron chi connectivity index (χ1n) is 14.5. The lowest BCUT2D eigenvalue weighted by Gasteiger charge is -2.65. The second kappa shape index (κ2) is 9.51. The number of esters is 1. The average Bonchev–Trinajstić information content (AvgIpc) is 3.01. The van der Waals surface area contributed by atoms with Crippen molar-refractivity contribution < 1.29 is 14.6 Å². The molecular formula is C31H46N2O3S. The van der Waals surface area contributed by atoms with Gasteiger partial charge >= 0.3 is 5.97 Å². The highest BCUT2D eigenvalue weighted by atomic mass is 32.1. The molecule has 0 heterocycles. The van der Waals surface area contributed by atoms with Crippen LogP contribution in [0.5, 0.6) is 0 Å². The Morgan fingerprint density at radius 3 is 2.54 bits per heavy atom. The molecule has 5 nitrogen and oxygen atoms in total. The summed E-state index contributed by atoms with van der Waals surface area (Å²) < 4.78 is 5.64. The Hall–Kier alpha value is -1.66. The van der Waals surface area contributed by atoms with Crippen molar-refractivity contribution in [2.45, 2.75) is 92.0 Å². The molecule has 2 bridgehead atoms. The molecule has 37 heavy (non-hydrogen) atoms. The molecule has 4 fully saturated rings. The summed E-state index contributed by atoms with van der Waals surface area (Å²) in [5.41, 5.74) is 2.03. The molecule has 5 rings (SSSR count). The summed E-state index contributed by atoms with van der Waals surface area (Å²) in [6, 6.07) is 8.33. The van der Waals surface area contributed by atoms with Gasteiger partial charge in [0.2, 0.25) is 0 Å². The number of aliphatic hydroxyl groups is 1. The molecule has 1 spiro atoms. The molecule has 4 aliphatic carbocycles. The molecule has 4 aliphatic rings. The second-order valence-electron chi connectivity index (χ2n) is 13.4. The Bertz CT molecular complexity index is 1060. The number of aliphatic hydroxyl groups excluding tert-OH is 1. The molecule has 1 aromatic carbocycles. The van der Waals surface area contributed by atoms with Gasteiger partial charge in [0.1, 0.15) is 0 Å².